The van der Waals surface area contributed by atoms with E-state index in [1.165, 1.54) is 4.90 Å². The van der Waals surface area contributed by atoms with E-state index in [2.05, 4.69) is 12.2 Å². The number of amides is 3. The molecular weight excluding hydrogens is 480 g/mol. The van der Waals surface area contributed by atoms with Gasteiger partial charge in [-0.1, -0.05) is 24.3 Å². The van der Waals surface area contributed by atoms with Gasteiger partial charge in [-0.2, -0.15) is 0 Å². The van der Waals surface area contributed by atoms with Crippen LogP contribution in [0.1, 0.15) is 29.5 Å². The van der Waals surface area contributed by atoms with Crippen LogP contribution in [-0.2, 0) is 19.2 Å². The van der Waals surface area contributed by atoms with Crippen molar-refractivity contribution in [1.29, 1.82) is 0 Å². The maximum atomic E-state index is 13.5. The molecule has 7 heteroatoms. The van der Waals surface area contributed by atoms with Crippen LogP contribution >= 0.6 is 0 Å². The number of anilines is 2. The van der Waals surface area contributed by atoms with Crippen molar-refractivity contribution in [3.8, 4) is 5.75 Å². The number of ether oxygens (including phenoxy) is 1. The Balaban J connectivity index is 1.07. The third kappa shape index (κ3) is 3.27. The molecule has 4 fully saturated rings. The average Bonchev–Trinajstić information content (AvgIpc) is 3.57. The standard InChI is InChI=1S/C31H30N2O5/c1-15-5-4-6-25(17(15)3)32-14-18(12-26(32)34)31(37)38-19-7-10-24(16(2)11-19)33-29(35)27-20-8-9-21(23-13-22(20)23)28(27)30(33)36/h4-11,18,20-23,27-28H,12-14H2,1-3H3/t18-,20+,21+,22-,23+,27-,28-/m1/s1. The number of imide groups is 1. The van der Waals surface area contributed by atoms with Crippen molar-refractivity contribution in [3.05, 3.63) is 65.2 Å². The van der Waals surface area contributed by atoms with Crippen LogP contribution in [0.25, 0.3) is 0 Å². The molecular formula is C31H30N2O5. The van der Waals surface area contributed by atoms with Crippen LogP contribution in [0.2, 0.25) is 0 Å². The van der Waals surface area contributed by atoms with Crippen molar-refractivity contribution in [2.75, 3.05) is 16.3 Å². The van der Waals surface area contributed by atoms with E-state index in [1.807, 2.05) is 39.0 Å². The van der Waals surface area contributed by atoms with E-state index >= 15 is 0 Å². The summed E-state index contributed by atoms with van der Waals surface area (Å²) in [5, 5.41) is 0. The Bertz CT molecular complexity index is 1420. The molecule has 2 bridgehead atoms. The number of esters is 1. The third-order valence-corrected chi connectivity index (χ3v) is 9.62. The first kappa shape index (κ1) is 23.4. The van der Waals surface area contributed by atoms with Crippen LogP contribution in [0.5, 0.6) is 5.75 Å². The van der Waals surface area contributed by atoms with Crippen molar-refractivity contribution in [1.82, 2.24) is 0 Å². The van der Waals surface area contributed by atoms with Crippen molar-refractivity contribution >= 4 is 35.1 Å². The summed E-state index contributed by atoms with van der Waals surface area (Å²) in [5.41, 5.74) is 4.19. The molecule has 0 spiro atoms. The summed E-state index contributed by atoms with van der Waals surface area (Å²) in [5.74, 6) is -0.0322. The first-order valence-corrected chi connectivity index (χ1v) is 13.5. The molecule has 38 heavy (non-hydrogen) atoms. The number of aryl methyl sites for hydroxylation is 2. The van der Waals surface area contributed by atoms with Gasteiger partial charge in [0.1, 0.15) is 5.75 Å². The fraction of sp³-hybridized carbons (Fsp3) is 0.419. The van der Waals surface area contributed by atoms with Gasteiger partial charge >= 0.3 is 5.97 Å². The number of benzene rings is 2. The molecule has 2 aromatic carbocycles. The average molecular weight is 511 g/mol. The molecule has 8 rings (SSSR count). The molecule has 0 radical (unpaired) electrons. The van der Waals surface area contributed by atoms with E-state index in [1.54, 1.807) is 23.1 Å². The molecule has 2 heterocycles. The molecule has 2 saturated carbocycles. The molecule has 3 amide bonds. The van der Waals surface area contributed by atoms with Crippen LogP contribution in [0.15, 0.2) is 48.6 Å². The van der Waals surface area contributed by atoms with Crippen molar-refractivity contribution in [2.24, 2.45) is 41.4 Å². The minimum Gasteiger partial charge on any atom is -0.426 e. The number of hydrogen-bond donors (Lipinski definition) is 0. The zero-order valence-electron chi connectivity index (χ0n) is 21.7. The van der Waals surface area contributed by atoms with Crippen molar-refractivity contribution in [3.63, 3.8) is 0 Å². The monoisotopic (exact) mass is 510 g/mol. The summed E-state index contributed by atoms with van der Waals surface area (Å²) < 4.78 is 5.68. The predicted molar refractivity (Wildman–Crippen MR) is 140 cm³/mol. The van der Waals surface area contributed by atoms with Gasteiger partial charge in [0, 0.05) is 18.7 Å². The lowest BCUT2D eigenvalue weighted by Gasteiger charge is -2.37. The van der Waals surface area contributed by atoms with E-state index in [-0.39, 0.29) is 54.4 Å². The van der Waals surface area contributed by atoms with Gasteiger partial charge in [-0.25, -0.2) is 4.90 Å². The number of rotatable bonds is 4. The van der Waals surface area contributed by atoms with Crippen LogP contribution in [-0.4, -0.2) is 30.2 Å². The molecule has 0 unspecified atom stereocenters. The van der Waals surface area contributed by atoms with Gasteiger partial charge in [0.05, 0.1) is 23.4 Å². The van der Waals surface area contributed by atoms with Gasteiger partial charge in [0.15, 0.2) is 0 Å². The van der Waals surface area contributed by atoms with E-state index in [0.29, 0.717) is 28.8 Å². The summed E-state index contributed by atoms with van der Waals surface area (Å²) >= 11 is 0. The Labute approximate surface area is 221 Å². The Hall–Kier alpha value is -3.74. The van der Waals surface area contributed by atoms with Crippen LogP contribution in [0, 0.1) is 62.2 Å². The lowest BCUT2D eigenvalue weighted by atomic mass is 9.63. The topological polar surface area (TPSA) is 84.0 Å². The van der Waals surface area contributed by atoms with Crippen molar-refractivity contribution in [2.45, 2.75) is 33.6 Å². The molecule has 194 valence electrons. The summed E-state index contributed by atoms with van der Waals surface area (Å²) in [7, 11) is 0. The molecule has 2 aromatic rings. The third-order valence-electron chi connectivity index (χ3n) is 9.62. The normalized spacial score (nSPS) is 32.6. The zero-order valence-corrected chi connectivity index (χ0v) is 21.7. The molecule has 2 saturated heterocycles. The maximum absolute atomic E-state index is 13.5. The number of nitrogens with zero attached hydrogens (tertiary/aromatic N) is 2. The molecule has 7 nitrogen and oxygen atoms in total. The van der Waals surface area contributed by atoms with Gasteiger partial charge in [0.25, 0.3) is 0 Å². The lowest BCUT2D eigenvalue weighted by Crippen LogP contribution is -2.40. The Kier molecular flexibility index (Phi) is 5.00. The molecule has 0 N–H and O–H groups in total. The highest BCUT2D eigenvalue weighted by Gasteiger charge is 2.67. The van der Waals surface area contributed by atoms with Gasteiger partial charge in [0.2, 0.25) is 17.7 Å². The van der Waals surface area contributed by atoms with E-state index in [4.69, 9.17) is 4.74 Å². The Morgan fingerprint density at radius 2 is 1.55 bits per heavy atom. The highest BCUT2D eigenvalue weighted by Crippen LogP contribution is 2.65. The Morgan fingerprint density at radius 3 is 2.21 bits per heavy atom. The van der Waals surface area contributed by atoms with Gasteiger partial charge in [-0.05, 0) is 91.8 Å². The zero-order chi connectivity index (χ0) is 26.5. The molecule has 4 aliphatic carbocycles. The second-order valence-corrected chi connectivity index (χ2v) is 11.7. The summed E-state index contributed by atoms with van der Waals surface area (Å²) in [6, 6.07) is 10.8. The number of allylic oxidation sites excluding steroid dienone is 2. The van der Waals surface area contributed by atoms with E-state index in [0.717, 1.165) is 23.2 Å². The molecule has 7 atom stereocenters. The summed E-state index contributed by atoms with van der Waals surface area (Å²) in [4.78, 5) is 55.7. The van der Waals surface area contributed by atoms with Crippen LogP contribution in [0.3, 0.4) is 0 Å². The minimum absolute atomic E-state index is 0.0965. The van der Waals surface area contributed by atoms with Crippen LogP contribution in [0.4, 0.5) is 11.4 Å². The highest BCUT2D eigenvalue weighted by atomic mass is 16.5. The molecule has 2 aliphatic heterocycles. The van der Waals surface area contributed by atoms with Gasteiger partial charge in [-0.3, -0.25) is 19.2 Å². The SMILES string of the molecule is Cc1cc(OC(=O)[C@@H]2CC(=O)N(c3cccc(C)c3C)C2)ccc1N1C(=O)[C@@H]2[C@H]3C=C[C@@H]([C@@H]4C[C@H]34)[C@H]2C1=O. The Morgan fingerprint density at radius 1 is 0.868 bits per heavy atom. The fourth-order valence-electron chi connectivity index (χ4n) is 7.46. The molecule has 6 aliphatic rings. The van der Waals surface area contributed by atoms with Crippen LogP contribution < -0.4 is 14.5 Å². The predicted octanol–water partition coefficient (Wildman–Crippen LogP) is 4.13. The van der Waals surface area contributed by atoms with E-state index < -0.39 is 11.9 Å². The van der Waals surface area contributed by atoms with Gasteiger partial charge in [-0.15, -0.1) is 0 Å². The maximum Gasteiger partial charge on any atom is 0.316 e. The quantitative estimate of drug-likeness (QED) is 0.267. The van der Waals surface area contributed by atoms with Crippen molar-refractivity contribution < 1.29 is 23.9 Å². The first-order chi connectivity index (χ1) is 18.2. The second kappa shape index (κ2) is 8.13. The largest absolute Gasteiger partial charge is 0.426 e. The summed E-state index contributed by atoms with van der Waals surface area (Å²) in [6.45, 7) is 6.07. The highest BCUT2D eigenvalue weighted by molar-refractivity contribution is 6.23. The first-order valence-electron chi connectivity index (χ1n) is 13.5. The minimum atomic E-state index is -0.568. The smallest absolute Gasteiger partial charge is 0.316 e. The summed E-state index contributed by atoms with van der Waals surface area (Å²) in [6.07, 6.45) is 5.56. The van der Waals surface area contributed by atoms with Gasteiger partial charge < -0.3 is 9.64 Å². The van der Waals surface area contributed by atoms with E-state index in [9.17, 15) is 19.2 Å². The fourth-order valence-corrected chi connectivity index (χ4v) is 7.46. The number of carbonyl (C=O) groups excluding carboxylic acids is 4. The number of carbonyl (C=O) groups is 4. The second-order valence-electron chi connectivity index (χ2n) is 11.7. The number of hydrogen-bond acceptors (Lipinski definition) is 5. The lowest BCUT2D eigenvalue weighted by molar-refractivity contribution is -0.139. The molecule has 0 aromatic heterocycles.